The molecule has 0 aliphatic rings. The normalized spacial score (nSPS) is 9.23. The number of hydrogen-bond donors (Lipinski definition) is 0. The SMILES string of the molecule is Cc1ccc(OC(=O)c2ccc(C=C(C#N)C#N)cc2)cc1. The van der Waals surface area contributed by atoms with Crippen LogP contribution in [0.25, 0.3) is 6.08 Å². The zero-order valence-corrected chi connectivity index (χ0v) is 11.9. The summed E-state index contributed by atoms with van der Waals surface area (Å²) in [5, 5.41) is 17.4. The van der Waals surface area contributed by atoms with E-state index in [0.29, 0.717) is 16.9 Å². The maximum absolute atomic E-state index is 12.0. The molecule has 0 spiro atoms. The minimum Gasteiger partial charge on any atom is -0.423 e. The van der Waals surface area contributed by atoms with Gasteiger partial charge in [-0.1, -0.05) is 29.8 Å². The Balaban J connectivity index is 2.12. The van der Waals surface area contributed by atoms with Crippen LogP contribution in [0.15, 0.2) is 54.1 Å². The molecule has 0 radical (unpaired) electrons. The van der Waals surface area contributed by atoms with Crippen LogP contribution in [0.5, 0.6) is 5.75 Å². The first-order valence-electron chi connectivity index (χ1n) is 6.53. The number of aryl methyl sites for hydroxylation is 1. The fourth-order valence-corrected chi connectivity index (χ4v) is 1.74. The van der Waals surface area contributed by atoms with E-state index in [-0.39, 0.29) is 5.57 Å². The van der Waals surface area contributed by atoms with E-state index in [1.165, 1.54) is 6.08 Å². The van der Waals surface area contributed by atoms with Gasteiger partial charge in [0.05, 0.1) is 5.56 Å². The molecule has 0 saturated heterocycles. The Morgan fingerprint density at radius 2 is 1.59 bits per heavy atom. The van der Waals surface area contributed by atoms with E-state index >= 15 is 0 Å². The van der Waals surface area contributed by atoms with E-state index in [2.05, 4.69) is 0 Å². The van der Waals surface area contributed by atoms with Gasteiger partial charge in [-0.15, -0.1) is 0 Å². The molecule has 0 aromatic heterocycles. The number of nitrogens with zero attached hydrogens (tertiary/aromatic N) is 2. The average molecular weight is 288 g/mol. The van der Waals surface area contributed by atoms with Gasteiger partial charge in [-0.05, 0) is 42.8 Å². The smallest absolute Gasteiger partial charge is 0.343 e. The molecular weight excluding hydrogens is 276 g/mol. The Morgan fingerprint density at radius 1 is 1.00 bits per heavy atom. The van der Waals surface area contributed by atoms with Crippen LogP contribution >= 0.6 is 0 Å². The van der Waals surface area contributed by atoms with Gasteiger partial charge in [-0.25, -0.2) is 4.79 Å². The molecule has 0 fully saturated rings. The molecule has 2 aromatic rings. The van der Waals surface area contributed by atoms with Crippen molar-refractivity contribution in [3.63, 3.8) is 0 Å². The summed E-state index contributed by atoms with van der Waals surface area (Å²) in [6.45, 7) is 1.95. The van der Waals surface area contributed by atoms with E-state index in [9.17, 15) is 4.79 Å². The van der Waals surface area contributed by atoms with Crippen molar-refractivity contribution in [1.29, 1.82) is 10.5 Å². The number of esters is 1. The molecule has 106 valence electrons. The zero-order valence-electron chi connectivity index (χ0n) is 11.9. The fourth-order valence-electron chi connectivity index (χ4n) is 1.74. The molecule has 0 atom stereocenters. The van der Waals surface area contributed by atoms with Gasteiger partial charge in [-0.2, -0.15) is 10.5 Å². The fraction of sp³-hybridized carbons (Fsp3) is 0.0556. The second-order valence-electron chi connectivity index (χ2n) is 4.61. The summed E-state index contributed by atoms with van der Waals surface area (Å²) in [4.78, 5) is 12.0. The van der Waals surface area contributed by atoms with Crippen molar-refractivity contribution in [2.75, 3.05) is 0 Å². The molecule has 0 unspecified atom stereocenters. The maximum atomic E-state index is 12.0. The highest BCUT2D eigenvalue weighted by atomic mass is 16.5. The van der Waals surface area contributed by atoms with Gasteiger partial charge in [0.2, 0.25) is 0 Å². The summed E-state index contributed by atoms with van der Waals surface area (Å²) in [5.74, 6) is 0.0241. The Bertz CT molecular complexity index is 773. The molecule has 0 saturated carbocycles. The van der Waals surface area contributed by atoms with Crippen molar-refractivity contribution in [1.82, 2.24) is 0 Å². The van der Waals surface area contributed by atoms with Crippen molar-refractivity contribution in [2.45, 2.75) is 6.92 Å². The minimum absolute atomic E-state index is 0.00924. The minimum atomic E-state index is -0.458. The van der Waals surface area contributed by atoms with Gasteiger partial charge in [0, 0.05) is 0 Å². The highest BCUT2D eigenvalue weighted by Gasteiger charge is 2.08. The van der Waals surface area contributed by atoms with E-state index in [1.54, 1.807) is 48.5 Å². The number of carbonyl (C=O) groups is 1. The first-order valence-corrected chi connectivity index (χ1v) is 6.53. The van der Waals surface area contributed by atoms with E-state index in [4.69, 9.17) is 15.3 Å². The lowest BCUT2D eigenvalue weighted by atomic mass is 10.1. The molecule has 2 aromatic carbocycles. The summed E-state index contributed by atoms with van der Waals surface area (Å²) in [6.07, 6.45) is 1.45. The van der Waals surface area contributed by atoms with E-state index in [1.807, 2.05) is 19.1 Å². The molecular formula is C18H12N2O2. The topological polar surface area (TPSA) is 73.9 Å². The molecule has 2 rings (SSSR count). The Morgan fingerprint density at radius 3 is 2.14 bits per heavy atom. The molecule has 0 amide bonds. The van der Waals surface area contributed by atoms with Crippen molar-refractivity contribution in [3.05, 3.63) is 70.8 Å². The number of hydrogen-bond acceptors (Lipinski definition) is 4. The van der Waals surface area contributed by atoms with Gasteiger partial charge in [0.15, 0.2) is 0 Å². The zero-order chi connectivity index (χ0) is 15.9. The Kier molecular flexibility index (Phi) is 4.70. The third-order valence-electron chi connectivity index (χ3n) is 2.93. The van der Waals surface area contributed by atoms with Crippen LogP contribution in [0, 0.1) is 29.6 Å². The Labute approximate surface area is 128 Å². The number of nitriles is 2. The second kappa shape index (κ2) is 6.88. The number of carbonyl (C=O) groups excluding carboxylic acids is 1. The lowest BCUT2D eigenvalue weighted by Gasteiger charge is -2.05. The van der Waals surface area contributed by atoms with Crippen molar-refractivity contribution >= 4 is 12.0 Å². The standard InChI is InChI=1S/C18H12N2O2/c1-13-2-8-17(9-3-13)22-18(21)16-6-4-14(5-7-16)10-15(11-19)12-20/h2-10H,1H3. The molecule has 4 heteroatoms. The first-order chi connectivity index (χ1) is 10.6. The van der Waals surface area contributed by atoms with Crippen LogP contribution in [0.4, 0.5) is 0 Å². The van der Waals surface area contributed by atoms with Crippen LogP contribution in [-0.2, 0) is 0 Å². The highest BCUT2D eigenvalue weighted by molar-refractivity contribution is 5.91. The molecule has 0 bridgehead atoms. The number of benzene rings is 2. The predicted molar refractivity (Wildman–Crippen MR) is 81.8 cm³/mol. The molecule has 0 N–H and O–H groups in total. The lowest BCUT2D eigenvalue weighted by Crippen LogP contribution is -2.08. The summed E-state index contributed by atoms with van der Waals surface area (Å²) < 4.78 is 5.26. The Hall–Kier alpha value is -3.37. The molecule has 0 aliphatic heterocycles. The quantitative estimate of drug-likeness (QED) is 0.491. The highest BCUT2D eigenvalue weighted by Crippen LogP contribution is 2.15. The van der Waals surface area contributed by atoms with Crippen LogP contribution < -0.4 is 4.74 Å². The third-order valence-corrected chi connectivity index (χ3v) is 2.93. The van der Waals surface area contributed by atoms with Gasteiger partial charge in [-0.3, -0.25) is 0 Å². The monoisotopic (exact) mass is 288 g/mol. The summed E-state index contributed by atoms with van der Waals surface area (Å²) in [6, 6.07) is 17.2. The molecule has 0 heterocycles. The van der Waals surface area contributed by atoms with Crippen molar-refractivity contribution < 1.29 is 9.53 Å². The lowest BCUT2D eigenvalue weighted by molar-refractivity contribution is 0.0734. The predicted octanol–water partition coefficient (Wildman–Crippen LogP) is 3.64. The van der Waals surface area contributed by atoms with Crippen LogP contribution in [0.2, 0.25) is 0 Å². The van der Waals surface area contributed by atoms with Crippen molar-refractivity contribution in [2.24, 2.45) is 0 Å². The average Bonchev–Trinajstić information content (AvgIpc) is 2.55. The third kappa shape index (κ3) is 3.82. The van der Waals surface area contributed by atoms with Gasteiger partial charge in [0.25, 0.3) is 0 Å². The van der Waals surface area contributed by atoms with Gasteiger partial charge >= 0.3 is 5.97 Å². The largest absolute Gasteiger partial charge is 0.423 e. The van der Waals surface area contributed by atoms with E-state index in [0.717, 1.165) is 5.56 Å². The second-order valence-corrected chi connectivity index (χ2v) is 4.61. The molecule has 4 nitrogen and oxygen atoms in total. The molecule has 0 aliphatic carbocycles. The molecule has 22 heavy (non-hydrogen) atoms. The van der Waals surface area contributed by atoms with Crippen LogP contribution in [0.1, 0.15) is 21.5 Å². The summed E-state index contributed by atoms with van der Waals surface area (Å²) >= 11 is 0. The van der Waals surface area contributed by atoms with Crippen LogP contribution in [0.3, 0.4) is 0 Å². The first kappa shape index (κ1) is 15.0. The number of allylic oxidation sites excluding steroid dienone is 1. The van der Waals surface area contributed by atoms with Gasteiger partial charge in [0.1, 0.15) is 23.5 Å². The number of rotatable bonds is 3. The van der Waals surface area contributed by atoms with E-state index < -0.39 is 5.97 Å². The summed E-state index contributed by atoms with van der Waals surface area (Å²) in [5.41, 5.74) is 2.16. The van der Waals surface area contributed by atoms with Crippen LogP contribution in [-0.4, -0.2) is 5.97 Å². The summed E-state index contributed by atoms with van der Waals surface area (Å²) in [7, 11) is 0. The maximum Gasteiger partial charge on any atom is 0.343 e. The van der Waals surface area contributed by atoms with Crippen molar-refractivity contribution in [3.8, 4) is 17.9 Å². The number of ether oxygens (including phenoxy) is 1. The van der Waals surface area contributed by atoms with Gasteiger partial charge < -0.3 is 4.74 Å².